The summed E-state index contributed by atoms with van der Waals surface area (Å²) in [5.74, 6) is -1.24. The minimum atomic E-state index is -4.38. The van der Waals surface area contributed by atoms with Crippen molar-refractivity contribution in [2.24, 2.45) is 0 Å². The Morgan fingerprint density at radius 2 is 2.17 bits per heavy atom. The third-order valence-electron chi connectivity index (χ3n) is 3.03. The molecule has 4 nitrogen and oxygen atoms in total. The Morgan fingerprint density at radius 3 is 2.67 bits per heavy atom. The molecule has 0 aliphatic carbocycles. The van der Waals surface area contributed by atoms with Crippen LogP contribution in [0.5, 0.6) is 0 Å². The predicted molar refractivity (Wildman–Crippen MR) is 58.3 cm³/mol. The van der Waals surface area contributed by atoms with Gasteiger partial charge in [0.15, 0.2) is 0 Å². The van der Waals surface area contributed by atoms with Gasteiger partial charge in [0.2, 0.25) is 0 Å². The summed E-state index contributed by atoms with van der Waals surface area (Å²) in [6, 6.07) is -0.374. The van der Waals surface area contributed by atoms with Crippen molar-refractivity contribution in [3.8, 4) is 0 Å². The molecule has 2 atom stereocenters. The van der Waals surface area contributed by atoms with E-state index in [2.05, 4.69) is 0 Å². The number of alkyl halides is 3. The molecule has 1 aliphatic rings. The first-order chi connectivity index (χ1) is 8.31. The zero-order valence-corrected chi connectivity index (χ0v) is 10.2. The molecular formula is C11H18F3NO3. The van der Waals surface area contributed by atoms with Gasteiger partial charge >= 0.3 is 12.1 Å². The third-order valence-corrected chi connectivity index (χ3v) is 3.03. The van der Waals surface area contributed by atoms with Crippen LogP contribution in [0.2, 0.25) is 0 Å². The number of nitrogens with zero attached hydrogens (tertiary/aromatic N) is 1. The molecule has 0 aromatic heterocycles. The standard InChI is InChI=1S/C11H18F3NO3/c1-2-9-5-8(3-4-18-9)15(6-10(16)17)7-11(12,13)14/h8-9H,2-7H2,1H3,(H,16,17). The lowest BCUT2D eigenvalue weighted by molar-refractivity contribution is -0.163. The fourth-order valence-corrected chi connectivity index (χ4v) is 2.19. The quantitative estimate of drug-likeness (QED) is 0.828. The summed E-state index contributed by atoms with van der Waals surface area (Å²) in [6.45, 7) is 0.524. The molecule has 0 aromatic rings. The maximum atomic E-state index is 12.4. The van der Waals surface area contributed by atoms with E-state index in [9.17, 15) is 18.0 Å². The van der Waals surface area contributed by atoms with E-state index in [0.717, 1.165) is 11.3 Å². The topological polar surface area (TPSA) is 49.8 Å². The summed E-state index contributed by atoms with van der Waals surface area (Å²) < 4.78 is 42.7. The molecule has 1 fully saturated rings. The van der Waals surface area contributed by atoms with Crippen LogP contribution in [-0.4, -0.2) is 54.0 Å². The molecule has 0 spiro atoms. The van der Waals surface area contributed by atoms with E-state index in [4.69, 9.17) is 9.84 Å². The highest BCUT2D eigenvalue weighted by Crippen LogP contribution is 2.25. The van der Waals surface area contributed by atoms with Gasteiger partial charge in [-0.1, -0.05) is 6.92 Å². The van der Waals surface area contributed by atoms with Crippen molar-refractivity contribution < 1.29 is 27.8 Å². The molecule has 0 bridgehead atoms. The van der Waals surface area contributed by atoms with Crippen LogP contribution in [0.25, 0.3) is 0 Å². The SMILES string of the molecule is CCC1CC(N(CC(=O)O)CC(F)(F)F)CCO1. The lowest BCUT2D eigenvalue weighted by Crippen LogP contribution is -2.48. The molecule has 1 heterocycles. The number of hydrogen-bond acceptors (Lipinski definition) is 3. The molecule has 1 N–H and O–H groups in total. The highest BCUT2D eigenvalue weighted by molar-refractivity contribution is 5.69. The second-order valence-electron chi connectivity index (χ2n) is 4.49. The molecule has 1 saturated heterocycles. The summed E-state index contributed by atoms with van der Waals surface area (Å²) >= 11 is 0. The minimum absolute atomic E-state index is 0.0757. The van der Waals surface area contributed by atoms with Gasteiger partial charge in [0.1, 0.15) is 0 Å². The average Bonchev–Trinajstić information content (AvgIpc) is 2.26. The van der Waals surface area contributed by atoms with E-state index in [0.29, 0.717) is 19.4 Å². The Morgan fingerprint density at radius 1 is 1.50 bits per heavy atom. The molecule has 1 aliphatic heterocycles. The van der Waals surface area contributed by atoms with Gasteiger partial charge < -0.3 is 9.84 Å². The molecule has 1 rings (SSSR count). The van der Waals surface area contributed by atoms with E-state index in [-0.39, 0.29) is 12.1 Å². The van der Waals surface area contributed by atoms with Crippen LogP contribution < -0.4 is 0 Å². The van der Waals surface area contributed by atoms with Gasteiger partial charge in [-0.05, 0) is 19.3 Å². The molecule has 106 valence electrons. The predicted octanol–water partition coefficient (Wildman–Crippen LogP) is 1.89. The summed E-state index contributed by atoms with van der Waals surface area (Å²) in [7, 11) is 0. The summed E-state index contributed by atoms with van der Waals surface area (Å²) in [5.41, 5.74) is 0. The Balaban J connectivity index is 2.66. The Kier molecular flexibility index (Phi) is 5.40. The summed E-state index contributed by atoms with van der Waals surface area (Å²) in [6.07, 6.45) is -2.83. The van der Waals surface area contributed by atoms with Crippen LogP contribution in [0.4, 0.5) is 13.2 Å². The van der Waals surface area contributed by atoms with Gasteiger partial charge in [0.25, 0.3) is 0 Å². The number of rotatable bonds is 5. The number of carboxylic acids is 1. The number of halogens is 3. The molecule has 0 aromatic carbocycles. The van der Waals surface area contributed by atoms with Gasteiger partial charge in [-0.2, -0.15) is 13.2 Å². The number of hydrogen-bond donors (Lipinski definition) is 1. The number of carboxylic acid groups (broad SMARTS) is 1. The monoisotopic (exact) mass is 269 g/mol. The minimum Gasteiger partial charge on any atom is -0.480 e. The third kappa shape index (κ3) is 5.22. The zero-order chi connectivity index (χ0) is 13.8. The molecule has 2 unspecified atom stereocenters. The van der Waals surface area contributed by atoms with Crippen molar-refractivity contribution in [2.45, 2.75) is 44.5 Å². The van der Waals surface area contributed by atoms with Crippen LogP contribution >= 0.6 is 0 Å². The first-order valence-corrected chi connectivity index (χ1v) is 5.96. The lowest BCUT2D eigenvalue weighted by Gasteiger charge is -2.36. The van der Waals surface area contributed by atoms with Crippen LogP contribution in [0.15, 0.2) is 0 Å². The molecule has 0 saturated carbocycles. The Hall–Kier alpha value is -0.820. The van der Waals surface area contributed by atoms with Gasteiger partial charge in [-0.15, -0.1) is 0 Å². The lowest BCUT2D eigenvalue weighted by atomic mass is 10.00. The number of ether oxygens (including phenoxy) is 1. The van der Waals surface area contributed by atoms with E-state index >= 15 is 0 Å². The maximum Gasteiger partial charge on any atom is 0.401 e. The van der Waals surface area contributed by atoms with E-state index in [1.54, 1.807) is 0 Å². The van der Waals surface area contributed by atoms with Crippen molar-refractivity contribution in [2.75, 3.05) is 19.7 Å². The second-order valence-corrected chi connectivity index (χ2v) is 4.49. The van der Waals surface area contributed by atoms with Crippen LogP contribution in [-0.2, 0) is 9.53 Å². The van der Waals surface area contributed by atoms with E-state index in [1.165, 1.54) is 0 Å². The highest BCUT2D eigenvalue weighted by Gasteiger charge is 2.36. The normalized spacial score (nSPS) is 25.4. The largest absolute Gasteiger partial charge is 0.480 e. The Bertz CT molecular complexity index is 283. The Labute approximate surface area is 104 Å². The first-order valence-electron chi connectivity index (χ1n) is 5.96. The van der Waals surface area contributed by atoms with Gasteiger partial charge in [0, 0.05) is 12.6 Å². The molecule has 0 amide bonds. The van der Waals surface area contributed by atoms with Crippen molar-refractivity contribution >= 4 is 5.97 Å². The fourth-order valence-electron chi connectivity index (χ4n) is 2.19. The van der Waals surface area contributed by atoms with Crippen LogP contribution in [0.3, 0.4) is 0 Å². The maximum absolute atomic E-state index is 12.4. The zero-order valence-electron chi connectivity index (χ0n) is 10.2. The van der Waals surface area contributed by atoms with Gasteiger partial charge in [-0.3, -0.25) is 9.69 Å². The molecular weight excluding hydrogens is 251 g/mol. The van der Waals surface area contributed by atoms with Crippen molar-refractivity contribution in [3.05, 3.63) is 0 Å². The van der Waals surface area contributed by atoms with Crippen molar-refractivity contribution in [3.63, 3.8) is 0 Å². The smallest absolute Gasteiger partial charge is 0.401 e. The summed E-state index contributed by atoms with van der Waals surface area (Å²) in [4.78, 5) is 11.6. The number of carbonyl (C=O) groups is 1. The average molecular weight is 269 g/mol. The molecule has 0 radical (unpaired) electrons. The van der Waals surface area contributed by atoms with Crippen LogP contribution in [0.1, 0.15) is 26.2 Å². The van der Waals surface area contributed by atoms with E-state index < -0.39 is 25.2 Å². The highest BCUT2D eigenvalue weighted by atomic mass is 19.4. The number of aliphatic carboxylic acids is 1. The second kappa shape index (κ2) is 6.38. The van der Waals surface area contributed by atoms with Crippen molar-refractivity contribution in [1.82, 2.24) is 4.90 Å². The molecule has 18 heavy (non-hydrogen) atoms. The first kappa shape index (κ1) is 15.2. The summed E-state index contributed by atoms with van der Waals surface area (Å²) in [5, 5.41) is 8.69. The van der Waals surface area contributed by atoms with Crippen molar-refractivity contribution in [1.29, 1.82) is 0 Å². The van der Waals surface area contributed by atoms with Crippen LogP contribution in [0, 0.1) is 0 Å². The van der Waals surface area contributed by atoms with Gasteiger partial charge in [0.05, 0.1) is 19.2 Å². The fraction of sp³-hybridized carbons (Fsp3) is 0.909. The molecule has 7 heteroatoms. The van der Waals surface area contributed by atoms with Gasteiger partial charge in [-0.25, -0.2) is 0 Å². The van der Waals surface area contributed by atoms with E-state index in [1.807, 2.05) is 6.92 Å².